The summed E-state index contributed by atoms with van der Waals surface area (Å²) in [4.78, 5) is 25.9. The van der Waals surface area contributed by atoms with Crippen molar-refractivity contribution in [1.82, 2.24) is 29.6 Å². The predicted octanol–water partition coefficient (Wildman–Crippen LogP) is 1.53. The molecule has 16 heteroatoms. The first kappa shape index (κ1) is 28.8. The van der Waals surface area contributed by atoms with Gasteiger partial charge in [-0.05, 0) is 31.2 Å². The fraction of sp³-hybridized carbons (Fsp3) is 0.458. The number of rotatable bonds is 12. The molecule has 4 aromatic rings. The summed E-state index contributed by atoms with van der Waals surface area (Å²) >= 11 is 1.53. The Labute approximate surface area is 233 Å². The molecule has 14 nitrogen and oxygen atoms in total. The third kappa shape index (κ3) is 5.69. The highest BCUT2D eigenvalue weighted by Crippen LogP contribution is 2.46. The number of fused-ring (bicyclic) bond motifs is 2. The van der Waals surface area contributed by atoms with Gasteiger partial charge in [0.15, 0.2) is 17.4 Å². The number of nitrogens with zero attached hydrogens (tertiary/aromatic N) is 3. The number of para-hydroxylation sites is 1. The average Bonchev–Trinajstić information content (AvgIpc) is 3.58. The topological polar surface area (TPSA) is 203 Å². The highest BCUT2D eigenvalue weighted by atomic mass is 32.2. The van der Waals surface area contributed by atoms with Gasteiger partial charge in [-0.1, -0.05) is 18.2 Å². The number of aromatic amines is 2. The van der Waals surface area contributed by atoms with E-state index in [1.807, 2.05) is 36.7 Å². The molecule has 7 N–H and O–H groups in total. The number of nitrogen functional groups attached to an aromatic ring is 1. The Morgan fingerprint density at radius 1 is 1.35 bits per heavy atom. The minimum atomic E-state index is -3.82. The van der Waals surface area contributed by atoms with Crippen LogP contribution in [0.1, 0.15) is 18.7 Å². The van der Waals surface area contributed by atoms with Gasteiger partial charge < -0.3 is 25.7 Å². The number of anilines is 1. The molecule has 0 radical (unpaired) electrons. The van der Waals surface area contributed by atoms with Gasteiger partial charge in [-0.25, -0.2) is 14.6 Å². The smallest absolute Gasteiger partial charge is 0.387 e. The zero-order valence-corrected chi connectivity index (χ0v) is 23.7. The van der Waals surface area contributed by atoms with E-state index in [0.717, 1.165) is 16.5 Å². The molecule has 0 aliphatic carbocycles. The normalized spacial score (nSPS) is 24.6. The van der Waals surface area contributed by atoms with Crippen LogP contribution in [0.4, 0.5) is 5.95 Å². The minimum Gasteiger partial charge on any atom is -0.387 e. The Balaban J connectivity index is 1.28. The number of aliphatic hydroxyl groups excluding tert-OH is 1. The molecule has 1 unspecified atom stereocenters. The number of hydrogen-bond donors (Lipinski definition) is 6. The fourth-order valence-electron chi connectivity index (χ4n) is 4.70. The van der Waals surface area contributed by atoms with Crippen LogP contribution < -0.4 is 16.4 Å². The minimum absolute atomic E-state index is 0.00566. The van der Waals surface area contributed by atoms with E-state index in [9.17, 15) is 19.6 Å². The van der Waals surface area contributed by atoms with Gasteiger partial charge in [0.2, 0.25) is 5.95 Å². The van der Waals surface area contributed by atoms with Gasteiger partial charge in [-0.2, -0.15) is 16.7 Å². The van der Waals surface area contributed by atoms with E-state index in [-0.39, 0.29) is 30.3 Å². The van der Waals surface area contributed by atoms with Crippen molar-refractivity contribution in [3.63, 3.8) is 0 Å². The van der Waals surface area contributed by atoms with Gasteiger partial charge in [-0.3, -0.25) is 23.4 Å². The van der Waals surface area contributed by atoms with Crippen molar-refractivity contribution in [2.24, 2.45) is 0 Å². The lowest BCUT2D eigenvalue weighted by Crippen LogP contribution is -2.44. The summed E-state index contributed by atoms with van der Waals surface area (Å²) in [5, 5.41) is 26.1. The number of hydrogen-bond acceptors (Lipinski definition) is 11. The lowest BCUT2D eigenvalue weighted by molar-refractivity contribution is -0.0948. The third-order valence-electron chi connectivity index (χ3n) is 6.79. The third-order valence-corrected chi connectivity index (χ3v) is 8.99. The highest BCUT2D eigenvalue weighted by molar-refractivity contribution is 7.98. The Bertz CT molecular complexity index is 1590. The summed E-state index contributed by atoms with van der Waals surface area (Å²) in [6, 6.07) is 7.90. The molecule has 216 valence electrons. The number of H-pyrrole nitrogens is 2. The molecule has 5 rings (SSSR count). The fourth-order valence-corrected chi connectivity index (χ4v) is 6.39. The second-order valence-corrected chi connectivity index (χ2v) is 12.4. The molecule has 1 aliphatic rings. The number of aromatic nitrogens is 5. The number of nitrogens with two attached hydrogens (primary N) is 1. The van der Waals surface area contributed by atoms with Gasteiger partial charge in [0, 0.05) is 29.4 Å². The molecule has 0 bridgehead atoms. The van der Waals surface area contributed by atoms with Crippen LogP contribution in [-0.2, 0) is 24.8 Å². The largest absolute Gasteiger partial charge is 0.405 e. The number of imidazole rings is 1. The maximum Gasteiger partial charge on any atom is 0.405 e. The molecule has 1 aromatic carbocycles. The molecule has 0 spiro atoms. The van der Waals surface area contributed by atoms with Gasteiger partial charge in [0.1, 0.15) is 17.8 Å². The SMILES string of the molecule is CSCCOP(=O)(NCCc1c[nH]c2ccccc12)OC[C@H]1O[C@@H](n2cnc3c(=O)[nH]c(N)nc32)[C@](C)(O)[C@@H]1O. The van der Waals surface area contributed by atoms with Crippen molar-refractivity contribution in [2.45, 2.75) is 37.4 Å². The molecular weight excluding hydrogens is 561 g/mol. The Morgan fingerprint density at radius 3 is 2.95 bits per heavy atom. The zero-order valence-electron chi connectivity index (χ0n) is 21.9. The summed E-state index contributed by atoms with van der Waals surface area (Å²) in [6.07, 6.45) is 1.91. The van der Waals surface area contributed by atoms with E-state index in [1.54, 1.807) is 0 Å². The molecule has 1 fully saturated rings. The lowest BCUT2D eigenvalue weighted by Gasteiger charge is -2.27. The van der Waals surface area contributed by atoms with Crippen molar-refractivity contribution in [1.29, 1.82) is 0 Å². The van der Waals surface area contributed by atoms with Gasteiger partial charge in [0.25, 0.3) is 5.56 Å². The number of thioether (sulfide) groups is 1. The second-order valence-electron chi connectivity index (χ2n) is 9.61. The van der Waals surface area contributed by atoms with Crippen LogP contribution in [0.15, 0.2) is 41.6 Å². The maximum atomic E-state index is 13.6. The Kier molecular flexibility index (Phi) is 8.36. The number of benzene rings is 1. The Hall–Kier alpha value is -2.75. The van der Waals surface area contributed by atoms with Crippen LogP contribution in [0, 0.1) is 0 Å². The first-order valence-corrected chi connectivity index (χ1v) is 15.5. The standard InChI is InChI=1S/C24H32N7O7PS/c1-24(34)19(32)17(38-22(24)31-13-27-18-20(31)29-23(25)30-21(18)33)12-37-39(35,36-9-10-40-2)28-8-7-14-11-26-16-6-4-3-5-15(14)16/h3-6,11,13,17,19,22,26,32,34H,7-10,12H2,1-2H3,(H,28,35)(H3,25,29,30,33)/t17-,19-,22-,24-,39?/m1/s1. The molecule has 1 saturated heterocycles. The van der Waals surface area contributed by atoms with Crippen LogP contribution in [0.3, 0.4) is 0 Å². The lowest BCUT2D eigenvalue weighted by atomic mass is 9.96. The van der Waals surface area contributed by atoms with E-state index in [0.29, 0.717) is 18.7 Å². The van der Waals surface area contributed by atoms with Crippen LogP contribution in [0.25, 0.3) is 22.1 Å². The van der Waals surface area contributed by atoms with Crippen LogP contribution in [0.5, 0.6) is 0 Å². The number of ether oxygens (including phenoxy) is 1. The molecule has 0 amide bonds. The summed E-state index contributed by atoms with van der Waals surface area (Å²) in [6.45, 7) is 1.50. The number of nitrogens with one attached hydrogen (secondary N) is 3. The van der Waals surface area contributed by atoms with E-state index in [1.165, 1.54) is 29.6 Å². The van der Waals surface area contributed by atoms with Gasteiger partial charge in [-0.15, -0.1) is 0 Å². The van der Waals surface area contributed by atoms with Gasteiger partial charge >= 0.3 is 7.75 Å². The van der Waals surface area contributed by atoms with Crippen molar-refractivity contribution < 1.29 is 28.6 Å². The van der Waals surface area contributed by atoms with Crippen molar-refractivity contribution in [3.8, 4) is 0 Å². The van der Waals surface area contributed by atoms with Crippen LogP contribution >= 0.6 is 19.5 Å². The number of aliphatic hydroxyl groups is 2. The van der Waals surface area contributed by atoms with Crippen LogP contribution in [0.2, 0.25) is 0 Å². The maximum absolute atomic E-state index is 13.6. The summed E-state index contributed by atoms with van der Waals surface area (Å²) in [7, 11) is -3.82. The second kappa shape index (κ2) is 11.6. The monoisotopic (exact) mass is 593 g/mol. The van der Waals surface area contributed by atoms with Crippen molar-refractivity contribution >= 4 is 47.5 Å². The van der Waals surface area contributed by atoms with E-state index in [2.05, 4.69) is 25.0 Å². The Morgan fingerprint density at radius 2 is 2.15 bits per heavy atom. The van der Waals surface area contributed by atoms with Gasteiger partial charge in [0.05, 0.1) is 19.5 Å². The van der Waals surface area contributed by atoms with Crippen LogP contribution in [-0.4, -0.2) is 84.3 Å². The summed E-state index contributed by atoms with van der Waals surface area (Å²) in [5.74, 6) is 0.458. The highest BCUT2D eigenvalue weighted by Gasteiger charge is 2.54. The molecule has 0 saturated carbocycles. The van der Waals surface area contributed by atoms with E-state index >= 15 is 0 Å². The molecule has 1 aliphatic heterocycles. The molecular formula is C24H32N7O7PS. The zero-order chi connectivity index (χ0) is 28.5. The average molecular weight is 594 g/mol. The first-order chi connectivity index (χ1) is 19.1. The first-order valence-electron chi connectivity index (χ1n) is 12.6. The molecule has 4 heterocycles. The summed E-state index contributed by atoms with van der Waals surface area (Å²) in [5.41, 5.74) is 5.41. The molecule has 5 atom stereocenters. The molecule has 40 heavy (non-hydrogen) atoms. The van der Waals surface area contributed by atoms with Crippen molar-refractivity contribution in [3.05, 3.63) is 52.7 Å². The summed E-state index contributed by atoms with van der Waals surface area (Å²) < 4.78 is 32.2. The molecule has 3 aromatic heterocycles. The van der Waals surface area contributed by atoms with E-state index < -0.39 is 37.3 Å². The quantitative estimate of drug-likeness (QED) is 0.102. The van der Waals surface area contributed by atoms with Crippen molar-refractivity contribution in [2.75, 3.05) is 37.5 Å². The van der Waals surface area contributed by atoms with E-state index in [4.69, 9.17) is 19.5 Å². The predicted molar refractivity (Wildman–Crippen MR) is 151 cm³/mol.